The molecule has 0 aliphatic rings. The maximum Gasteiger partial charge on any atom is 0.362 e. The van der Waals surface area contributed by atoms with E-state index in [9.17, 15) is 29.7 Å². The average molecular weight is 498 g/mol. The highest BCUT2D eigenvalue weighted by atomic mass is 16.4. The molecule has 3 atom stereocenters. The highest BCUT2D eigenvalue weighted by Gasteiger charge is 2.50. The Hall–Kier alpha value is -1.89. The molecule has 0 heterocycles. The number of carbonyl (C=O) groups excluding carboxylic acids is 1. The van der Waals surface area contributed by atoms with Crippen LogP contribution in [0, 0.1) is 0 Å². The van der Waals surface area contributed by atoms with Crippen LogP contribution in [0.4, 0.5) is 0 Å². The molecule has 0 saturated heterocycles. The highest BCUT2D eigenvalue weighted by Crippen LogP contribution is 2.26. The second kappa shape index (κ2) is 19.3. The largest absolute Gasteiger partial charge is 0.544 e. The molecule has 0 aromatic heterocycles. The molecule has 204 valence electrons. The first-order valence-corrected chi connectivity index (χ1v) is 13.8. The van der Waals surface area contributed by atoms with E-state index >= 15 is 0 Å². The summed E-state index contributed by atoms with van der Waals surface area (Å²) in [5.41, 5.74) is 0. The zero-order chi connectivity index (χ0) is 26.7. The normalized spacial score (nSPS) is 16.0. The van der Waals surface area contributed by atoms with Gasteiger partial charge in [0.05, 0.1) is 12.5 Å². The van der Waals surface area contributed by atoms with Gasteiger partial charge in [0, 0.05) is 6.42 Å². The molecule has 7 nitrogen and oxygen atoms in total. The lowest BCUT2D eigenvalue weighted by atomic mass is 10.0. The van der Waals surface area contributed by atoms with Crippen LogP contribution in [-0.2, 0) is 14.4 Å². The molecular formula is C28H51NO6. The summed E-state index contributed by atoms with van der Waals surface area (Å²) in [6, 6.07) is -3.64. The second-order valence-electron chi connectivity index (χ2n) is 10.0. The maximum atomic E-state index is 11.7. The summed E-state index contributed by atoms with van der Waals surface area (Å²) in [4.78, 5) is 35.1. The van der Waals surface area contributed by atoms with Crippen molar-refractivity contribution in [3.63, 3.8) is 0 Å². The van der Waals surface area contributed by atoms with Gasteiger partial charge in [-0.2, -0.15) is 0 Å². The van der Waals surface area contributed by atoms with Crippen molar-refractivity contribution < 1.29 is 34.2 Å². The van der Waals surface area contributed by atoms with E-state index in [1.165, 1.54) is 97.8 Å². The average Bonchev–Trinajstić information content (AvgIpc) is 2.82. The highest BCUT2D eigenvalue weighted by molar-refractivity contribution is 5.76. The molecule has 0 saturated carbocycles. The van der Waals surface area contributed by atoms with E-state index in [-0.39, 0.29) is 6.54 Å². The summed E-state index contributed by atoms with van der Waals surface area (Å²) in [6.07, 6.45) is 22.2. The molecule has 3 unspecified atom stereocenters. The van der Waals surface area contributed by atoms with Gasteiger partial charge in [-0.3, -0.25) is 4.48 Å². The van der Waals surface area contributed by atoms with Crippen molar-refractivity contribution in [1.29, 1.82) is 0 Å². The molecule has 7 heteroatoms. The lowest BCUT2D eigenvalue weighted by Crippen LogP contribution is -2.71. The minimum atomic E-state index is -1.44. The van der Waals surface area contributed by atoms with Crippen LogP contribution in [0.2, 0.25) is 0 Å². The third kappa shape index (κ3) is 12.6. The number of quaternary nitrogens is 1. The van der Waals surface area contributed by atoms with Gasteiger partial charge in [-0.15, -0.1) is 0 Å². The number of allylic oxidation sites excluding steroid dienone is 1. The van der Waals surface area contributed by atoms with Crippen LogP contribution in [0.1, 0.15) is 124 Å². The molecule has 0 aliphatic carbocycles. The summed E-state index contributed by atoms with van der Waals surface area (Å²) in [5, 5.41) is 30.8. The van der Waals surface area contributed by atoms with E-state index in [1.54, 1.807) is 0 Å². The molecule has 0 aliphatic heterocycles. The van der Waals surface area contributed by atoms with Crippen LogP contribution in [-0.4, -0.2) is 57.3 Å². The third-order valence-electron chi connectivity index (χ3n) is 7.54. The number of carboxylic acids is 3. The van der Waals surface area contributed by atoms with Gasteiger partial charge >= 0.3 is 11.9 Å². The van der Waals surface area contributed by atoms with Gasteiger partial charge in [0.2, 0.25) is 0 Å². The van der Waals surface area contributed by atoms with E-state index in [0.717, 1.165) is 12.8 Å². The fourth-order valence-electron chi connectivity index (χ4n) is 5.01. The van der Waals surface area contributed by atoms with Gasteiger partial charge in [-0.1, -0.05) is 96.1 Å². The van der Waals surface area contributed by atoms with Crippen LogP contribution in [0.5, 0.6) is 0 Å². The van der Waals surface area contributed by atoms with Crippen molar-refractivity contribution >= 4 is 17.9 Å². The van der Waals surface area contributed by atoms with Gasteiger partial charge < -0.3 is 20.1 Å². The Morgan fingerprint density at radius 3 is 1.40 bits per heavy atom. The van der Waals surface area contributed by atoms with Crippen molar-refractivity contribution in [1.82, 2.24) is 0 Å². The number of carboxylic acid groups (broad SMARTS) is 3. The molecular weight excluding hydrogens is 446 g/mol. The molecule has 2 N–H and O–H groups in total. The number of unbranched alkanes of at least 4 members (excludes halogenated alkanes) is 13. The Morgan fingerprint density at radius 2 is 1.03 bits per heavy atom. The summed E-state index contributed by atoms with van der Waals surface area (Å²) in [5.74, 6) is -3.88. The molecule has 0 rings (SSSR count). The predicted octanol–water partition coefficient (Wildman–Crippen LogP) is 5.32. The van der Waals surface area contributed by atoms with Crippen LogP contribution < -0.4 is 5.11 Å². The molecule has 0 amide bonds. The van der Waals surface area contributed by atoms with Crippen molar-refractivity contribution in [2.45, 2.75) is 142 Å². The fraction of sp³-hybridized carbons (Fsp3) is 0.821. The Balaban J connectivity index is 4.35. The Bertz CT molecular complexity index is 583. The van der Waals surface area contributed by atoms with Crippen LogP contribution in [0.25, 0.3) is 0 Å². The first-order chi connectivity index (χ1) is 16.6. The molecule has 0 fully saturated rings. The zero-order valence-electron chi connectivity index (χ0n) is 22.7. The Kier molecular flexibility index (Phi) is 18.3. The van der Waals surface area contributed by atoms with E-state index in [1.807, 2.05) is 12.2 Å². The van der Waals surface area contributed by atoms with Gasteiger partial charge in [-0.05, 0) is 33.6 Å². The molecule has 0 aromatic carbocycles. The minimum absolute atomic E-state index is 0.102. The Morgan fingerprint density at radius 1 is 0.657 bits per heavy atom. The van der Waals surface area contributed by atoms with Crippen molar-refractivity contribution in [3.8, 4) is 0 Å². The lowest BCUT2D eigenvalue weighted by Gasteiger charge is -2.49. The number of hydrogen-bond donors (Lipinski definition) is 2. The van der Waals surface area contributed by atoms with Crippen LogP contribution in [0.15, 0.2) is 12.2 Å². The lowest BCUT2D eigenvalue weighted by molar-refractivity contribution is -0.969. The number of carbonyl (C=O) groups is 3. The summed E-state index contributed by atoms with van der Waals surface area (Å²) < 4.78 is -0.587. The molecule has 0 spiro atoms. The topological polar surface area (TPSA) is 115 Å². The molecule has 0 radical (unpaired) electrons. The fourth-order valence-corrected chi connectivity index (χ4v) is 5.01. The first-order valence-electron chi connectivity index (χ1n) is 13.8. The van der Waals surface area contributed by atoms with Crippen molar-refractivity contribution in [3.05, 3.63) is 12.2 Å². The van der Waals surface area contributed by atoms with Gasteiger partial charge in [0.15, 0.2) is 12.1 Å². The monoisotopic (exact) mass is 497 g/mol. The standard InChI is InChI=1S/C28H51NO6/c1-5-6-7-8-9-10-11-12-13-14-15-16-17-18-19-20-21-22-29(23(2)26(30)31,24(3)27(32)33)25(4)28(34)35/h19-20,23-25H,5-18,21-22H2,1-4H3,(H2-,30,31,32,33,34,35)/b20-19+. The molecule has 35 heavy (non-hydrogen) atoms. The number of aliphatic carboxylic acids is 3. The quantitative estimate of drug-likeness (QED) is 0.112. The van der Waals surface area contributed by atoms with Gasteiger partial charge in [0.1, 0.15) is 6.04 Å². The number of nitrogens with zero attached hydrogens (tertiary/aromatic N) is 1. The number of hydrogen-bond acceptors (Lipinski definition) is 4. The van der Waals surface area contributed by atoms with Crippen LogP contribution >= 0.6 is 0 Å². The van der Waals surface area contributed by atoms with E-state index in [4.69, 9.17) is 0 Å². The van der Waals surface area contributed by atoms with E-state index in [2.05, 4.69) is 6.92 Å². The summed E-state index contributed by atoms with van der Waals surface area (Å²) in [6.45, 7) is 6.44. The molecule has 0 aromatic rings. The smallest absolute Gasteiger partial charge is 0.362 e. The second-order valence-corrected chi connectivity index (χ2v) is 10.0. The zero-order valence-corrected chi connectivity index (χ0v) is 22.7. The van der Waals surface area contributed by atoms with Gasteiger partial charge in [-0.25, -0.2) is 9.59 Å². The third-order valence-corrected chi connectivity index (χ3v) is 7.54. The van der Waals surface area contributed by atoms with Crippen molar-refractivity contribution in [2.75, 3.05) is 6.54 Å². The van der Waals surface area contributed by atoms with E-state index < -0.39 is 40.5 Å². The summed E-state index contributed by atoms with van der Waals surface area (Å²) in [7, 11) is 0. The summed E-state index contributed by atoms with van der Waals surface area (Å²) >= 11 is 0. The van der Waals surface area contributed by atoms with Crippen molar-refractivity contribution in [2.24, 2.45) is 0 Å². The predicted molar refractivity (Wildman–Crippen MR) is 138 cm³/mol. The minimum Gasteiger partial charge on any atom is -0.544 e. The Labute approximate surface area is 213 Å². The SMILES string of the molecule is CCCCCCCCCCCCCCC/C=C/CC[N+](C(C)C(=O)[O-])(C(C)C(=O)O)C(C)C(=O)O. The van der Waals surface area contributed by atoms with Gasteiger partial charge in [0.25, 0.3) is 0 Å². The first kappa shape index (κ1) is 33.1. The number of rotatable bonds is 23. The maximum absolute atomic E-state index is 11.7. The molecule has 0 bridgehead atoms. The van der Waals surface area contributed by atoms with Crippen LogP contribution in [0.3, 0.4) is 0 Å². The van der Waals surface area contributed by atoms with E-state index in [0.29, 0.717) is 6.42 Å².